The predicted octanol–water partition coefficient (Wildman–Crippen LogP) is 3.95. The second-order valence-electron chi connectivity index (χ2n) is 6.01. The van der Waals surface area contributed by atoms with Gasteiger partial charge in [-0.2, -0.15) is 0 Å². The number of ether oxygens (including phenoxy) is 1. The van der Waals surface area contributed by atoms with Gasteiger partial charge in [0.15, 0.2) is 5.16 Å². The maximum absolute atomic E-state index is 12.7. The van der Waals surface area contributed by atoms with E-state index in [1.807, 2.05) is 49.4 Å². The lowest BCUT2D eigenvalue weighted by Crippen LogP contribution is -2.25. The third-order valence-electron chi connectivity index (χ3n) is 4.07. The number of para-hydroxylation sites is 2. The van der Waals surface area contributed by atoms with Crippen molar-refractivity contribution in [2.24, 2.45) is 0 Å². The zero-order valence-electron chi connectivity index (χ0n) is 15.6. The van der Waals surface area contributed by atoms with Gasteiger partial charge in [-0.25, -0.2) is 4.98 Å². The Morgan fingerprint density at radius 2 is 1.89 bits per heavy atom. The molecule has 1 unspecified atom stereocenters. The van der Waals surface area contributed by atoms with Crippen LogP contribution in [-0.2, 0) is 4.79 Å². The van der Waals surface area contributed by atoms with E-state index in [9.17, 15) is 9.59 Å². The van der Waals surface area contributed by atoms with Gasteiger partial charge in [0.1, 0.15) is 5.75 Å². The Balaban J connectivity index is 1.80. The zero-order chi connectivity index (χ0) is 19.9. The van der Waals surface area contributed by atoms with Crippen molar-refractivity contribution in [2.75, 3.05) is 12.4 Å². The van der Waals surface area contributed by atoms with Crippen LogP contribution in [0, 0.1) is 0 Å². The van der Waals surface area contributed by atoms with Crippen LogP contribution in [-0.4, -0.2) is 28.2 Å². The van der Waals surface area contributed by atoms with Crippen LogP contribution in [0.5, 0.6) is 5.75 Å². The fraction of sp³-hybridized carbons (Fsp3) is 0.190. The second-order valence-corrected chi connectivity index (χ2v) is 7.20. The highest BCUT2D eigenvalue weighted by molar-refractivity contribution is 8.00. The van der Waals surface area contributed by atoms with Gasteiger partial charge < -0.3 is 15.0 Å². The van der Waals surface area contributed by atoms with Crippen LogP contribution in [0.2, 0.25) is 0 Å². The van der Waals surface area contributed by atoms with Crippen LogP contribution in [0.4, 0.5) is 5.69 Å². The molecule has 2 aromatic carbocycles. The molecule has 28 heavy (non-hydrogen) atoms. The molecule has 7 heteroatoms. The Morgan fingerprint density at radius 1 is 1.18 bits per heavy atom. The summed E-state index contributed by atoms with van der Waals surface area (Å²) in [7, 11) is 1.56. The fourth-order valence-corrected chi connectivity index (χ4v) is 3.58. The van der Waals surface area contributed by atoms with E-state index in [4.69, 9.17) is 4.74 Å². The maximum Gasteiger partial charge on any atom is 0.252 e. The largest absolute Gasteiger partial charge is 0.495 e. The Morgan fingerprint density at radius 3 is 2.61 bits per heavy atom. The molecule has 0 aliphatic carbocycles. The number of carbonyl (C=O) groups is 1. The molecule has 1 aromatic heterocycles. The first-order chi connectivity index (χ1) is 13.6. The lowest BCUT2D eigenvalue weighted by molar-refractivity contribution is -0.115. The lowest BCUT2D eigenvalue weighted by atomic mass is 10.1. The average Bonchev–Trinajstić information content (AvgIpc) is 2.72. The maximum atomic E-state index is 12.7. The van der Waals surface area contributed by atoms with E-state index in [1.54, 1.807) is 19.2 Å². The van der Waals surface area contributed by atoms with Gasteiger partial charge in [0.05, 0.1) is 23.7 Å². The molecule has 1 heterocycles. The van der Waals surface area contributed by atoms with Crippen LogP contribution in [0.25, 0.3) is 11.3 Å². The van der Waals surface area contributed by atoms with Crippen LogP contribution >= 0.6 is 11.8 Å². The highest BCUT2D eigenvalue weighted by atomic mass is 32.2. The van der Waals surface area contributed by atoms with Gasteiger partial charge in [-0.05, 0) is 18.6 Å². The van der Waals surface area contributed by atoms with E-state index >= 15 is 0 Å². The number of H-pyrrole nitrogens is 1. The van der Waals surface area contributed by atoms with E-state index in [-0.39, 0.29) is 11.5 Å². The zero-order valence-corrected chi connectivity index (χ0v) is 16.5. The fourth-order valence-electron chi connectivity index (χ4n) is 2.67. The molecule has 0 saturated heterocycles. The van der Waals surface area contributed by atoms with Crippen molar-refractivity contribution in [1.82, 2.24) is 9.97 Å². The number of methoxy groups -OCH3 is 1. The second kappa shape index (κ2) is 9.23. The minimum Gasteiger partial charge on any atom is -0.495 e. The van der Waals surface area contributed by atoms with Crippen LogP contribution in [0.1, 0.15) is 13.3 Å². The summed E-state index contributed by atoms with van der Waals surface area (Å²) >= 11 is 1.23. The SMILES string of the molecule is CCC(Sc1nc(-c2ccccc2)cc(=O)[nH]1)C(=O)Nc1ccccc1OC. The van der Waals surface area contributed by atoms with Gasteiger partial charge in [-0.15, -0.1) is 0 Å². The van der Waals surface area contributed by atoms with E-state index < -0.39 is 5.25 Å². The molecule has 0 saturated carbocycles. The Hall–Kier alpha value is -3.06. The molecule has 0 aliphatic rings. The quantitative estimate of drug-likeness (QED) is 0.467. The molecule has 144 valence electrons. The van der Waals surface area contributed by atoms with Gasteiger partial charge in [-0.3, -0.25) is 9.59 Å². The molecule has 6 nitrogen and oxygen atoms in total. The van der Waals surface area contributed by atoms with Crippen molar-refractivity contribution in [1.29, 1.82) is 0 Å². The van der Waals surface area contributed by atoms with E-state index in [0.717, 1.165) is 5.56 Å². The lowest BCUT2D eigenvalue weighted by Gasteiger charge is -2.16. The van der Waals surface area contributed by atoms with Gasteiger partial charge in [0.2, 0.25) is 5.91 Å². The molecule has 3 aromatic rings. The summed E-state index contributed by atoms with van der Waals surface area (Å²) in [5.41, 5.74) is 1.78. The number of amides is 1. The van der Waals surface area contributed by atoms with Crippen molar-refractivity contribution in [3.05, 3.63) is 71.0 Å². The van der Waals surface area contributed by atoms with Gasteiger partial charge in [0.25, 0.3) is 5.56 Å². The summed E-state index contributed by atoms with van der Waals surface area (Å²) in [4.78, 5) is 32.1. The first kappa shape index (κ1) is 19.7. The normalized spacial score (nSPS) is 11.6. The number of hydrogen-bond donors (Lipinski definition) is 2. The molecular formula is C21H21N3O3S. The third-order valence-corrected chi connectivity index (χ3v) is 5.32. The van der Waals surface area contributed by atoms with E-state index in [2.05, 4.69) is 15.3 Å². The first-order valence-corrected chi connectivity index (χ1v) is 9.76. The third kappa shape index (κ3) is 4.80. The number of rotatable bonds is 7. The molecular weight excluding hydrogens is 374 g/mol. The number of nitrogens with one attached hydrogen (secondary N) is 2. The minimum absolute atomic E-state index is 0.176. The van der Waals surface area contributed by atoms with Crippen LogP contribution in [0.15, 0.2) is 70.6 Å². The highest BCUT2D eigenvalue weighted by Gasteiger charge is 2.21. The Kier molecular flexibility index (Phi) is 6.49. The number of benzene rings is 2. The Bertz CT molecular complexity index is 1010. The molecule has 2 N–H and O–H groups in total. The minimum atomic E-state index is -0.418. The number of nitrogens with zero attached hydrogens (tertiary/aromatic N) is 1. The summed E-state index contributed by atoms with van der Waals surface area (Å²) in [6.45, 7) is 1.92. The van der Waals surface area contributed by atoms with Crippen molar-refractivity contribution in [3.63, 3.8) is 0 Å². The summed E-state index contributed by atoms with van der Waals surface area (Å²) in [5, 5.41) is 2.88. The van der Waals surface area contributed by atoms with Crippen molar-refractivity contribution < 1.29 is 9.53 Å². The van der Waals surface area contributed by atoms with E-state index in [1.165, 1.54) is 17.8 Å². The van der Waals surface area contributed by atoms with Gasteiger partial charge >= 0.3 is 0 Å². The van der Waals surface area contributed by atoms with Crippen LogP contribution in [0.3, 0.4) is 0 Å². The summed E-state index contributed by atoms with van der Waals surface area (Å²) in [5.74, 6) is 0.415. The topological polar surface area (TPSA) is 84.1 Å². The number of thioether (sulfide) groups is 1. The first-order valence-electron chi connectivity index (χ1n) is 8.88. The molecule has 0 fully saturated rings. The number of hydrogen-bond acceptors (Lipinski definition) is 5. The molecule has 0 bridgehead atoms. The number of aromatic nitrogens is 2. The van der Waals surface area contributed by atoms with Gasteiger partial charge in [0, 0.05) is 11.6 Å². The van der Waals surface area contributed by atoms with Crippen LogP contribution < -0.4 is 15.6 Å². The Labute approximate surface area is 167 Å². The molecule has 3 rings (SSSR count). The van der Waals surface area contributed by atoms with E-state index in [0.29, 0.717) is 28.7 Å². The van der Waals surface area contributed by atoms with Crippen molar-refractivity contribution >= 4 is 23.4 Å². The standard InChI is InChI=1S/C21H21N3O3S/c1-3-18(20(26)22-15-11-7-8-12-17(15)27-2)28-21-23-16(13-19(25)24-21)14-9-5-4-6-10-14/h4-13,18H,3H2,1-2H3,(H,22,26)(H,23,24,25). The monoisotopic (exact) mass is 395 g/mol. The summed E-state index contributed by atoms with van der Waals surface area (Å²) in [6, 6.07) is 18.1. The number of anilines is 1. The smallest absolute Gasteiger partial charge is 0.252 e. The average molecular weight is 395 g/mol. The molecule has 0 radical (unpaired) electrons. The molecule has 1 amide bonds. The number of carbonyl (C=O) groups excluding carboxylic acids is 1. The van der Waals surface area contributed by atoms with Crippen molar-refractivity contribution in [3.8, 4) is 17.0 Å². The molecule has 0 aliphatic heterocycles. The summed E-state index contributed by atoms with van der Waals surface area (Å²) < 4.78 is 5.28. The predicted molar refractivity (Wildman–Crippen MR) is 112 cm³/mol. The molecule has 0 spiro atoms. The number of aromatic amines is 1. The molecule has 1 atom stereocenters. The van der Waals surface area contributed by atoms with Gasteiger partial charge in [-0.1, -0.05) is 61.2 Å². The highest BCUT2D eigenvalue weighted by Crippen LogP contribution is 2.27. The van der Waals surface area contributed by atoms with Crippen molar-refractivity contribution in [2.45, 2.75) is 23.8 Å². The summed E-state index contributed by atoms with van der Waals surface area (Å²) in [6.07, 6.45) is 0.574.